The van der Waals surface area contributed by atoms with E-state index in [1.807, 2.05) is 24.3 Å². The van der Waals surface area contributed by atoms with Gasteiger partial charge in [0.2, 0.25) is 5.91 Å². The van der Waals surface area contributed by atoms with Crippen LogP contribution >= 0.6 is 56.9 Å². The fraction of sp³-hybridized carbons (Fsp3) is 0.0400. The van der Waals surface area contributed by atoms with E-state index in [-0.39, 0.29) is 11.4 Å². The summed E-state index contributed by atoms with van der Waals surface area (Å²) in [6.07, 6.45) is 1.56. The molecule has 1 fully saturated rings. The van der Waals surface area contributed by atoms with Crippen molar-refractivity contribution in [3.63, 3.8) is 0 Å². The van der Waals surface area contributed by atoms with Gasteiger partial charge in [-0.05, 0) is 117 Å². The number of rotatable bonds is 6. The number of halogens is 2. The standard InChI is InChI=1S/C25H16I2N2O5S/c26-16-7-9-17(10-8-16)28-22(30)14-29-23(31)21(35-25(29)33)13-15-5-11-18(12-6-15)34-24(32)19-3-1-2-4-20(19)27/h1-13H,14H2,(H,28,30)/b21-13-. The molecule has 0 bridgehead atoms. The molecular weight excluding hydrogens is 694 g/mol. The molecule has 1 saturated heterocycles. The van der Waals surface area contributed by atoms with Crippen molar-refractivity contribution in [1.82, 2.24) is 4.90 Å². The minimum Gasteiger partial charge on any atom is -0.423 e. The van der Waals surface area contributed by atoms with Gasteiger partial charge < -0.3 is 10.1 Å². The van der Waals surface area contributed by atoms with Gasteiger partial charge in [-0.25, -0.2) is 4.79 Å². The first kappa shape index (κ1) is 25.4. The van der Waals surface area contributed by atoms with Crippen LogP contribution in [0.4, 0.5) is 10.5 Å². The summed E-state index contributed by atoms with van der Waals surface area (Å²) in [5.74, 6) is -1.11. The molecule has 176 valence electrons. The van der Waals surface area contributed by atoms with Gasteiger partial charge in [-0.15, -0.1) is 0 Å². The molecule has 1 heterocycles. The number of imide groups is 1. The van der Waals surface area contributed by atoms with Crippen molar-refractivity contribution in [2.75, 3.05) is 11.9 Å². The third-order valence-electron chi connectivity index (χ3n) is 4.79. The summed E-state index contributed by atoms with van der Waals surface area (Å²) >= 11 is 5.00. The fourth-order valence-corrected chi connectivity index (χ4v) is 4.89. The number of carbonyl (C=O) groups is 4. The Balaban J connectivity index is 1.38. The smallest absolute Gasteiger partial charge is 0.344 e. The van der Waals surface area contributed by atoms with E-state index in [1.165, 1.54) is 0 Å². The Morgan fingerprint density at radius 2 is 1.63 bits per heavy atom. The normalized spacial score (nSPS) is 14.3. The Labute approximate surface area is 232 Å². The third kappa shape index (κ3) is 6.49. The zero-order valence-corrected chi connectivity index (χ0v) is 23.0. The van der Waals surface area contributed by atoms with E-state index in [4.69, 9.17) is 4.74 Å². The van der Waals surface area contributed by atoms with E-state index < -0.39 is 23.0 Å². The predicted octanol–water partition coefficient (Wildman–Crippen LogP) is 5.79. The third-order valence-corrected chi connectivity index (χ3v) is 7.35. The molecule has 1 aliphatic rings. The molecular formula is C25H16I2N2O5S. The van der Waals surface area contributed by atoms with E-state index in [2.05, 4.69) is 50.5 Å². The molecule has 0 radical (unpaired) electrons. The van der Waals surface area contributed by atoms with Crippen LogP contribution in [0.15, 0.2) is 77.7 Å². The molecule has 4 rings (SSSR count). The molecule has 3 aromatic rings. The van der Waals surface area contributed by atoms with Gasteiger partial charge in [0.05, 0.1) is 10.5 Å². The van der Waals surface area contributed by atoms with Crippen LogP contribution in [0.1, 0.15) is 15.9 Å². The summed E-state index contributed by atoms with van der Waals surface area (Å²) in [5, 5.41) is 2.17. The monoisotopic (exact) mass is 710 g/mol. The van der Waals surface area contributed by atoms with Gasteiger partial charge >= 0.3 is 5.97 Å². The molecule has 1 N–H and O–H groups in total. The van der Waals surface area contributed by atoms with Crippen LogP contribution in [0.5, 0.6) is 5.75 Å². The average Bonchev–Trinajstić information content (AvgIpc) is 3.09. The van der Waals surface area contributed by atoms with Crippen molar-refractivity contribution >= 4 is 91.7 Å². The fourth-order valence-electron chi connectivity index (χ4n) is 3.09. The van der Waals surface area contributed by atoms with Crippen LogP contribution in [0.2, 0.25) is 0 Å². The van der Waals surface area contributed by atoms with Crippen molar-refractivity contribution in [2.45, 2.75) is 0 Å². The van der Waals surface area contributed by atoms with Gasteiger partial charge in [-0.3, -0.25) is 19.3 Å². The second kappa shape index (κ2) is 11.4. The zero-order chi connectivity index (χ0) is 24.9. The molecule has 0 spiro atoms. The zero-order valence-electron chi connectivity index (χ0n) is 17.9. The van der Waals surface area contributed by atoms with E-state index in [0.29, 0.717) is 22.6 Å². The summed E-state index contributed by atoms with van der Waals surface area (Å²) in [6.45, 7) is -0.374. The first-order chi connectivity index (χ1) is 16.8. The van der Waals surface area contributed by atoms with Gasteiger partial charge in [-0.2, -0.15) is 0 Å². The first-order valence-electron chi connectivity index (χ1n) is 10.2. The van der Waals surface area contributed by atoms with Crippen LogP contribution in [-0.4, -0.2) is 34.5 Å². The van der Waals surface area contributed by atoms with Crippen LogP contribution < -0.4 is 10.1 Å². The Morgan fingerprint density at radius 3 is 2.31 bits per heavy atom. The number of hydrogen-bond acceptors (Lipinski definition) is 6. The Morgan fingerprint density at radius 1 is 0.943 bits per heavy atom. The number of hydrogen-bond donors (Lipinski definition) is 1. The van der Waals surface area contributed by atoms with E-state index in [0.717, 1.165) is 23.8 Å². The molecule has 0 unspecified atom stereocenters. The van der Waals surface area contributed by atoms with Gasteiger partial charge in [-0.1, -0.05) is 24.3 Å². The maximum atomic E-state index is 12.7. The Bertz CT molecular complexity index is 1340. The summed E-state index contributed by atoms with van der Waals surface area (Å²) < 4.78 is 7.23. The summed E-state index contributed by atoms with van der Waals surface area (Å²) in [6, 6.07) is 20.9. The minimum atomic E-state index is -0.535. The van der Waals surface area contributed by atoms with E-state index in [9.17, 15) is 19.2 Å². The number of nitrogens with one attached hydrogen (secondary N) is 1. The number of carbonyl (C=O) groups excluding carboxylic acids is 4. The number of ether oxygens (including phenoxy) is 1. The van der Waals surface area contributed by atoms with Gasteiger partial charge in [0.1, 0.15) is 12.3 Å². The lowest BCUT2D eigenvalue weighted by Gasteiger charge is -2.12. The van der Waals surface area contributed by atoms with Crippen molar-refractivity contribution < 1.29 is 23.9 Å². The average molecular weight is 710 g/mol. The van der Waals surface area contributed by atoms with Crippen LogP contribution in [0.25, 0.3) is 6.08 Å². The molecule has 7 nitrogen and oxygen atoms in total. The SMILES string of the molecule is O=C(CN1C(=O)S/C(=C\c2ccc(OC(=O)c3ccccc3I)cc2)C1=O)Nc1ccc(I)cc1. The highest BCUT2D eigenvalue weighted by atomic mass is 127. The Kier molecular flexibility index (Phi) is 8.23. The molecule has 0 aliphatic carbocycles. The number of esters is 1. The number of amides is 3. The maximum Gasteiger partial charge on any atom is 0.344 e. The lowest BCUT2D eigenvalue weighted by molar-refractivity contribution is -0.127. The van der Waals surface area contributed by atoms with Crippen molar-refractivity contribution in [2.24, 2.45) is 0 Å². The van der Waals surface area contributed by atoms with E-state index in [1.54, 1.807) is 54.6 Å². The number of anilines is 1. The number of benzene rings is 3. The van der Waals surface area contributed by atoms with Crippen LogP contribution in [-0.2, 0) is 9.59 Å². The molecule has 35 heavy (non-hydrogen) atoms. The van der Waals surface area contributed by atoms with Crippen LogP contribution in [0.3, 0.4) is 0 Å². The van der Waals surface area contributed by atoms with Crippen LogP contribution in [0, 0.1) is 7.14 Å². The lowest BCUT2D eigenvalue weighted by Crippen LogP contribution is -2.36. The second-order valence-corrected chi connectivity index (χ2v) is 10.7. The van der Waals surface area contributed by atoms with E-state index >= 15 is 0 Å². The van der Waals surface area contributed by atoms with Crippen molar-refractivity contribution in [1.29, 1.82) is 0 Å². The topological polar surface area (TPSA) is 92.8 Å². The summed E-state index contributed by atoms with van der Waals surface area (Å²) in [4.78, 5) is 50.9. The Hall–Kier alpha value is -2.71. The molecule has 1 aliphatic heterocycles. The van der Waals surface area contributed by atoms with Crippen molar-refractivity contribution in [3.8, 4) is 5.75 Å². The van der Waals surface area contributed by atoms with Gasteiger partial charge in [0.25, 0.3) is 11.1 Å². The molecule has 3 aromatic carbocycles. The highest BCUT2D eigenvalue weighted by molar-refractivity contribution is 14.1. The molecule has 10 heteroatoms. The molecule has 0 saturated carbocycles. The first-order valence-corrected chi connectivity index (χ1v) is 13.1. The minimum absolute atomic E-state index is 0.209. The molecule has 0 aromatic heterocycles. The molecule has 3 amide bonds. The number of nitrogens with zero attached hydrogens (tertiary/aromatic N) is 1. The predicted molar refractivity (Wildman–Crippen MR) is 151 cm³/mol. The summed E-state index contributed by atoms with van der Waals surface area (Å²) in [7, 11) is 0. The lowest BCUT2D eigenvalue weighted by atomic mass is 10.2. The highest BCUT2D eigenvalue weighted by Gasteiger charge is 2.36. The van der Waals surface area contributed by atoms with Crippen molar-refractivity contribution in [3.05, 3.63) is 96.0 Å². The quantitative estimate of drug-likeness (QED) is 0.151. The van der Waals surface area contributed by atoms with Gasteiger partial charge in [0, 0.05) is 12.8 Å². The highest BCUT2D eigenvalue weighted by Crippen LogP contribution is 2.32. The largest absolute Gasteiger partial charge is 0.423 e. The molecule has 0 atom stereocenters. The van der Waals surface area contributed by atoms with Gasteiger partial charge in [0.15, 0.2) is 0 Å². The second-order valence-electron chi connectivity index (χ2n) is 7.26. The summed E-state index contributed by atoms with van der Waals surface area (Å²) in [5.41, 5.74) is 1.70. The number of thioether (sulfide) groups is 1. The maximum absolute atomic E-state index is 12.7.